The highest BCUT2D eigenvalue weighted by atomic mass is 32.2. The number of amides is 1. The van der Waals surface area contributed by atoms with Crippen LogP contribution in [-0.2, 0) is 20.2 Å². The van der Waals surface area contributed by atoms with E-state index in [2.05, 4.69) is 20.8 Å². The lowest BCUT2D eigenvalue weighted by molar-refractivity contribution is -0.130. The molecule has 0 aliphatic carbocycles. The van der Waals surface area contributed by atoms with Crippen molar-refractivity contribution in [3.8, 4) is 0 Å². The van der Waals surface area contributed by atoms with Crippen molar-refractivity contribution in [1.82, 2.24) is 9.21 Å². The van der Waals surface area contributed by atoms with E-state index in [1.54, 1.807) is 17.0 Å². The van der Waals surface area contributed by atoms with E-state index >= 15 is 0 Å². The van der Waals surface area contributed by atoms with Crippen LogP contribution < -0.4 is 0 Å². The van der Waals surface area contributed by atoms with E-state index < -0.39 is 10.0 Å². The van der Waals surface area contributed by atoms with Crippen LogP contribution in [0, 0.1) is 0 Å². The van der Waals surface area contributed by atoms with Crippen molar-refractivity contribution < 1.29 is 13.2 Å². The first kappa shape index (κ1) is 18.9. The van der Waals surface area contributed by atoms with Gasteiger partial charge in [-0.2, -0.15) is 4.31 Å². The van der Waals surface area contributed by atoms with Crippen LogP contribution >= 0.6 is 0 Å². The van der Waals surface area contributed by atoms with Gasteiger partial charge in [-0.25, -0.2) is 8.42 Å². The molecule has 24 heavy (non-hydrogen) atoms. The Hall–Kier alpha value is -1.40. The zero-order chi connectivity index (χ0) is 18.0. The van der Waals surface area contributed by atoms with Gasteiger partial charge in [0.25, 0.3) is 0 Å². The SMILES string of the molecule is CCC(=O)N1CCCN(S(=O)(=O)c2ccc(C(C)(C)C)cc2)CC1. The lowest BCUT2D eigenvalue weighted by Gasteiger charge is -2.23. The van der Waals surface area contributed by atoms with Crippen LogP contribution in [0.5, 0.6) is 0 Å². The molecule has 0 aromatic heterocycles. The van der Waals surface area contributed by atoms with E-state index in [1.165, 1.54) is 4.31 Å². The molecule has 0 saturated carbocycles. The lowest BCUT2D eigenvalue weighted by Crippen LogP contribution is -2.37. The average molecular weight is 353 g/mol. The van der Waals surface area contributed by atoms with Gasteiger partial charge in [0.1, 0.15) is 0 Å². The normalized spacial score (nSPS) is 17.6. The van der Waals surface area contributed by atoms with Crippen LogP contribution in [0.15, 0.2) is 29.2 Å². The molecule has 1 aromatic rings. The molecular formula is C18H28N2O3S. The van der Waals surface area contributed by atoms with Gasteiger partial charge in [-0.1, -0.05) is 39.8 Å². The van der Waals surface area contributed by atoms with E-state index in [0.717, 1.165) is 5.56 Å². The molecule has 6 heteroatoms. The molecule has 0 atom stereocenters. The summed E-state index contributed by atoms with van der Waals surface area (Å²) in [6, 6.07) is 7.15. The average Bonchev–Trinajstić information content (AvgIpc) is 2.80. The quantitative estimate of drug-likeness (QED) is 0.840. The van der Waals surface area contributed by atoms with Crippen molar-refractivity contribution in [3.63, 3.8) is 0 Å². The molecule has 0 N–H and O–H groups in total. The highest BCUT2D eigenvalue weighted by molar-refractivity contribution is 7.89. The summed E-state index contributed by atoms with van der Waals surface area (Å²) >= 11 is 0. The van der Waals surface area contributed by atoms with Crippen molar-refractivity contribution >= 4 is 15.9 Å². The van der Waals surface area contributed by atoms with E-state index in [1.807, 2.05) is 19.1 Å². The van der Waals surface area contributed by atoms with Crippen molar-refractivity contribution in [2.24, 2.45) is 0 Å². The molecule has 1 aliphatic heterocycles. The minimum atomic E-state index is -3.51. The number of hydrogen-bond donors (Lipinski definition) is 0. The van der Waals surface area contributed by atoms with E-state index in [-0.39, 0.29) is 11.3 Å². The van der Waals surface area contributed by atoms with Gasteiger partial charge in [0.2, 0.25) is 15.9 Å². The minimum absolute atomic E-state index is 0.00802. The van der Waals surface area contributed by atoms with Gasteiger partial charge < -0.3 is 4.90 Å². The summed E-state index contributed by atoms with van der Waals surface area (Å²) < 4.78 is 27.2. The monoisotopic (exact) mass is 352 g/mol. The van der Waals surface area contributed by atoms with Crippen LogP contribution in [0.1, 0.15) is 46.1 Å². The minimum Gasteiger partial charge on any atom is -0.341 e. The largest absolute Gasteiger partial charge is 0.341 e. The maximum absolute atomic E-state index is 12.9. The Kier molecular flexibility index (Phi) is 5.71. The fourth-order valence-electron chi connectivity index (χ4n) is 2.88. The smallest absolute Gasteiger partial charge is 0.243 e. The Bertz CT molecular complexity index is 675. The fourth-order valence-corrected chi connectivity index (χ4v) is 4.35. The molecule has 0 unspecified atom stereocenters. The summed E-state index contributed by atoms with van der Waals surface area (Å²) in [4.78, 5) is 13.9. The van der Waals surface area contributed by atoms with Crippen molar-refractivity contribution in [1.29, 1.82) is 0 Å². The van der Waals surface area contributed by atoms with Gasteiger partial charge in [-0.15, -0.1) is 0 Å². The zero-order valence-corrected chi connectivity index (χ0v) is 15.9. The maximum atomic E-state index is 12.9. The molecule has 0 bridgehead atoms. The molecule has 2 rings (SSSR count). The summed E-state index contributed by atoms with van der Waals surface area (Å²) in [5.74, 6) is 0.0868. The summed E-state index contributed by atoms with van der Waals surface area (Å²) in [5.41, 5.74) is 1.10. The first-order valence-corrected chi connectivity index (χ1v) is 9.98. The second-order valence-corrected chi connectivity index (χ2v) is 9.20. The third-order valence-corrected chi connectivity index (χ3v) is 6.38. The van der Waals surface area contributed by atoms with E-state index in [0.29, 0.717) is 43.9 Å². The summed E-state index contributed by atoms with van der Waals surface area (Å²) in [6.07, 6.45) is 1.13. The molecule has 0 radical (unpaired) electrons. The molecule has 5 nitrogen and oxygen atoms in total. The summed E-state index contributed by atoms with van der Waals surface area (Å²) in [5, 5.41) is 0. The van der Waals surface area contributed by atoms with Crippen LogP contribution in [-0.4, -0.2) is 49.7 Å². The molecule has 1 saturated heterocycles. The van der Waals surface area contributed by atoms with Gasteiger partial charge in [-0.3, -0.25) is 4.79 Å². The number of nitrogens with zero attached hydrogens (tertiary/aromatic N) is 2. The van der Waals surface area contributed by atoms with Crippen LogP contribution in [0.2, 0.25) is 0 Å². The van der Waals surface area contributed by atoms with Gasteiger partial charge >= 0.3 is 0 Å². The number of sulfonamides is 1. The standard InChI is InChI=1S/C18H28N2O3S/c1-5-17(21)19-11-6-12-20(14-13-19)24(22,23)16-9-7-15(8-10-16)18(2,3)4/h7-10H,5-6,11-14H2,1-4H3. The zero-order valence-electron chi connectivity index (χ0n) is 15.1. The van der Waals surface area contributed by atoms with Crippen LogP contribution in [0.3, 0.4) is 0 Å². The van der Waals surface area contributed by atoms with Crippen molar-refractivity contribution in [2.75, 3.05) is 26.2 Å². The highest BCUT2D eigenvalue weighted by Crippen LogP contribution is 2.25. The van der Waals surface area contributed by atoms with Crippen molar-refractivity contribution in [2.45, 2.75) is 50.8 Å². The lowest BCUT2D eigenvalue weighted by atomic mass is 9.87. The molecule has 1 aliphatic rings. The Morgan fingerprint density at radius 3 is 2.21 bits per heavy atom. The maximum Gasteiger partial charge on any atom is 0.243 e. The Morgan fingerprint density at radius 1 is 1.04 bits per heavy atom. The van der Waals surface area contributed by atoms with E-state index in [9.17, 15) is 13.2 Å². The number of hydrogen-bond acceptors (Lipinski definition) is 3. The topological polar surface area (TPSA) is 57.7 Å². The molecule has 1 heterocycles. The number of carbonyl (C=O) groups is 1. The summed E-state index contributed by atoms with van der Waals surface area (Å²) in [7, 11) is -3.51. The van der Waals surface area contributed by atoms with Crippen molar-refractivity contribution in [3.05, 3.63) is 29.8 Å². The molecule has 0 spiro atoms. The molecule has 1 fully saturated rings. The van der Waals surface area contributed by atoms with Gasteiger partial charge in [-0.05, 0) is 29.5 Å². The number of benzene rings is 1. The molecule has 1 aromatic carbocycles. The first-order valence-electron chi connectivity index (χ1n) is 8.54. The predicted molar refractivity (Wildman–Crippen MR) is 95.4 cm³/mol. The Balaban J connectivity index is 2.17. The third kappa shape index (κ3) is 4.16. The van der Waals surface area contributed by atoms with Gasteiger partial charge in [0.15, 0.2) is 0 Å². The molecule has 1 amide bonds. The van der Waals surface area contributed by atoms with Gasteiger partial charge in [0.05, 0.1) is 4.90 Å². The number of carbonyl (C=O) groups excluding carboxylic acids is 1. The second kappa shape index (κ2) is 7.23. The van der Waals surface area contributed by atoms with Crippen LogP contribution in [0.25, 0.3) is 0 Å². The fraction of sp³-hybridized carbons (Fsp3) is 0.611. The molecule has 134 valence electrons. The summed E-state index contributed by atoms with van der Waals surface area (Å²) in [6.45, 7) is 10.0. The second-order valence-electron chi connectivity index (χ2n) is 7.27. The highest BCUT2D eigenvalue weighted by Gasteiger charge is 2.28. The molecular weight excluding hydrogens is 324 g/mol. The third-order valence-electron chi connectivity index (χ3n) is 4.47. The van der Waals surface area contributed by atoms with Crippen LogP contribution in [0.4, 0.5) is 0 Å². The predicted octanol–water partition coefficient (Wildman–Crippen LogP) is 2.62. The first-order chi connectivity index (χ1) is 11.2. The van der Waals surface area contributed by atoms with E-state index in [4.69, 9.17) is 0 Å². The number of rotatable bonds is 3. The Labute approximate surface area is 145 Å². The Morgan fingerprint density at radius 2 is 1.67 bits per heavy atom. The van der Waals surface area contributed by atoms with Gasteiger partial charge in [0, 0.05) is 32.6 Å².